The lowest BCUT2D eigenvalue weighted by Crippen LogP contribution is -2.44. The van der Waals surface area contributed by atoms with Crippen LogP contribution in [0.4, 0.5) is 4.79 Å². The highest BCUT2D eigenvalue weighted by atomic mass is 32.1. The molecule has 2 amide bonds. The number of amides is 2. The number of benzene rings is 1. The number of rotatable bonds is 13. The van der Waals surface area contributed by atoms with E-state index in [0.717, 1.165) is 5.56 Å². The number of nitrogens with zero attached hydrogens (tertiary/aromatic N) is 2. The van der Waals surface area contributed by atoms with E-state index in [2.05, 4.69) is 10.3 Å². The van der Waals surface area contributed by atoms with Gasteiger partial charge in [-0.3, -0.25) is 14.4 Å². The Bertz CT molecular complexity index is 1220. The van der Waals surface area contributed by atoms with Crippen LogP contribution in [0.1, 0.15) is 93.3 Å². The number of aryl methyl sites for hydroxylation is 1. The van der Waals surface area contributed by atoms with Gasteiger partial charge in [-0.2, -0.15) is 0 Å². The van der Waals surface area contributed by atoms with E-state index in [4.69, 9.17) is 9.47 Å². The molecule has 2 N–H and O–H groups in total. The van der Waals surface area contributed by atoms with Crippen LogP contribution in [0, 0.1) is 18.8 Å². The third kappa shape index (κ3) is 10.7. The van der Waals surface area contributed by atoms with Crippen LogP contribution in [0.3, 0.4) is 0 Å². The molecule has 0 aliphatic carbocycles. The van der Waals surface area contributed by atoms with Crippen molar-refractivity contribution in [1.29, 1.82) is 0 Å². The number of hydrogen-bond donors (Lipinski definition) is 2. The summed E-state index contributed by atoms with van der Waals surface area (Å²) >= 11 is 1.25. The SMILES string of the molecule is CC(=O)OC(CC(C(C)C)N(C)C(=O)OC(C)(C)C)c1nc(C(=O)NC(Cc2ccccc2)CC(C)C(=O)O)c(C)s1. The van der Waals surface area contributed by atoms with Crippen molar-refractivity contribution in [2.75, 3.05) is 7.05 Å². The molecule has 1 aromatic heterocycles. The van der Waals surface area contributed by atoms with E-state index in [1.807, 2.05) is 44.2 Å². The molecule has 0 saturated carbocycles. The Morgan fingerprint density at radius 2 is 1.69 bits per heavy atom. The van der Waals surface area contributed by atoms with E-state index < -0.39 is 47.6 Å². The molecule has 10 nitrogen and oxygen atoms in total. The second kappa shape index (κ2) is 15.1. The second-order valence-electron chi connectivity index (χ2n) is 12.0. The van der Waals surface area contributed by atoms with Crippen molar-refractivity contribution in [3.63, 3.8) is 0 Å². The van der Waals surface area contributed by atoms with Gasteiger partial charge in [-0.1, -0.05) is 51.1 Å². The zero-order valence-electron chi connectivity index (χ0n) is 26.1. The number of carbonyl (C=O) groups is 4. The van der Waals surface area contributed by atoms with Gasteiger partial charge in [0, 0.05) is 37.4 Å². The Hall–Kier alpha value is -3.47. The number of esters is 1. The van der Waals surface area contributed by atoms with E-state index in [1.165, 1.54) is 23.2 Å². The zero-order chi connectivity index (χ0) is 31.8. The summed E-state index contributed by atoms with van der Waals surface area (Å²) in [5, 5.41) is 12.9. The molecule has 0 aliphatic rings. The molecule has 4 atom stereocenters. The first-order valence-corrected chi connectivity index (χ1v) is 15.0. The first kappa shape index (κ1) is 34.7. The molecule has 0 bridgehead atoms. The number of ether oxygens (including phenoxy) is 2. The van der Waals surface area contributed by atoms with Crippen LogP contribution < -0.4 is 5.32 Å². The van der Waals surface area contributed by atoms with Crippen molar-refractivity contribution in [1.82, 2.24) is 15.2 Å². The molecule has 0 fully saturated rings. The van der Waals surface area contributed by atoms with Crippen LogP contribution in [0.5, 0.6) is 0 Å². The van der Waals surface area contributed by atoms with Gasteiger partial charge < -0.3 is 24.8 Å². The lowest BCUT2D eigenvalue weighted by atomic mass is 9.96. The van der Waals surface area contributed by atoms with Crippen LogP contribution in [-0.2, 0) is 25.5 Å². The molecule has 232 valence electrons. The van der Waals surface area contributed by atoms with Crippen LogP contribution in [0.2, 0.25) is 0 Å². The Labute approximate surface area is 252 Å². The van der Waals surface area contributed by atoms with E-state index in [1.54, 1.807) is 41.7 Å². The first-order valence-electron chi connectivity index (χ1n) is 14.2. The highest BCUT2D eigenvalue weighted by molar-refractivity contribution is 7.12. The summed E-state index contributed by atoms with van der Waals surface area (Å²) < 4.78 is 11.2. The average Bonchev–Trinajstić information content (AvgIpc) is 3.26. The quantitative estimate of drug-likeness (QED) is 0.275. The van der Waals surface area contributed by atoms with Gasteiger partial charge in [0.05, 0.1) is 5.92 Å². The molecular formula is C31H45N3O7S. The molecule has 1 aromatic carbocycles. The molecule has 11 heteroatoms. The molecule has 0 spiro atoms. The number of aliphatic carboxylic acids is 1. The monoisotopic (exact) mass is 603 g/mol. The maximum absolute atomic E-state index is 13.4. The number of carbonyl (C=O) groups excluding carboxylic acids is 3. The molecule has 1 heterocycles. The van der Waals surface area contributed by atoms with E-state index in [0.29, 0.717) is 16.3 Å². The topological polar surface area (TPSA) is 135 Å². The molecule has 2 rings (SSSR count). The number of carboxylic acid groups (broad SMARTS) is 1. The normalized spacial score (nSPS) is 14.4. The van der Waals surface area contributed by atoms with Crippen molar-refractivity contribution in [3.8, 4) is 0 Å². The Balaban J connectivity index is 2.32. The van der Waals surface area contributed by atoms with Crippen LogP contribution >= 0.6 is 11.3 Å². The molecule has 0 radical (unpaired) electrons. The van der Waals surface area contributed by atoms with Gasteiger partial charge in [0.25, 0.3) is 5.91 Å². The number of aromatic nitrogens is 1. The Morgan fingerprint density at radius 3 is 2.21 bits per heavy atom. The standard InChI is InChI=1S/C31H45N3O7S/c1-18(2)24(34(9)30(39)41-31(6,7)8)17-25(40-21(5)35)28-33-26(20(4)42-28)27(36)32-23(15-19(3)29(37)38)16-22-13-11-10-12-14-22/h10-14,18-19,23-25H,15-17H2,1-9H3,(H,32,36)(H,37,38). The van der Waals surface area contributed by atoms with Gasteiger partial charge in [0.1, 0.15) is 16.3 Å². The number of hydrogen-bond acceptors (Lipinski definition) is 8. The number of nitrogens with one attached hydrogen (secondary N) is 1. The smallest absolute Gasteiger partial charge is 0.410 e. The summed E-state index contributed by atoms with van der Waals surface area (Å²) in [4.78, 5) is 56.7. The van der Waals surface area contributed by atoms with Crippen molar-refractivity contribution in [3.05, 3.63) is 51.5 Å². The third-order valence-electron chi connectivity index (χ3n) is 6.74. The van der Waals surface area contributed by atoms with Crippen LogP contribution in [-0.4, -0.2) is 63.7 Å². The van der Waals surface area contributed by atoms with E-state index >= 15 is 0 Å². The van der Waals surface area contributed by atoms with Crippen molar-refractivity contribution >= 4 is 35.3 Å². The first-order chi connectivity index (χ1) is 19.5. The molecule has 0 saturated heterocycles. The average molecular weight is 604 g/mol. The molecular weight excluding hydrogens is 558 g/mol. The summed E-state index contributed by atoms with van der Waals surface area (Å²) in [6, 6.07) is 8.76. The predicted molar refractivity (Wildman–Crippen MR) is 161 cm³/mol. The zero-order valence-corrected chi connectivity index (χ0v) is 26.9. The fourth-order valence-corrected chi connectivity index (χ4v) is 5.57. The summed E-state index contributed by atoms with van der Waals surface area (Å²) in [6.07, 6.45) is -0.317. The van der Waals surface area contributed by atoms with E-state index in [-0.39, 0.29) is 30.5 Å². The van der Waals surface area contributed by atoms with Gasteiger partial charge in [0.2, 0.25) is 0 Å². The van der Waals surface area contributed by atoms with Crippen LogP contribution in [0.25, 0.3) is 0 Å². The van der Waals surface area contributed by atoms with Crippen molar-refractivity contribution < 1.29 is 33.8 Å². The Morgan fingerprint density at radius 1 is 1.07 bits per heavy atom. The third-order valence-corrected chi connectivity index (χ3v) is 7.80. The highest BCUT2D eigenvalue weighted by Crippen LogP contribution is 2.33. The summed E-state index contributed by atoms with van der Waals surface area (Å²) in [5.74, 6) is -2.53. The summed E-state index contributed by atoms with van der Waals surface area (Å²) in [6.45, 7) is 14.0. The molecule has 42 heavy (non-hydrogen) atoms. The molecule has 2 aromatic rings. The van der Waals surface area contributed by atoms with Gasteiger partial charge in [-0.15, -0.1) is 11.3 Å². The van der Waals surface area contributed by atoms with Gasteiger partial charge >= 0.3 is 18.0 Å². The van der Waals surface area contributed by atoms with Gasteiger partial charge in [0.15, 0.2) is 6.10 Å². The maximum Gasteiger partial charge on any atom is 0.410 e. The maximum atomic E-state index is 13.4. The van der Waals surface area contributed by atoms with E-state index in [9.17, 15) is 24.3 Å². The number of carboxylic acids is 1. The minimum absolute atomic E-state index is 0.000579. The summed E-state index contributed by atoms with van der Waals surface area (Å²) in [7, 11) is 1.65. The van der Waals surface area contributed by atoms with Crippen molar-refractivity contribution in [2.45, 2.75) is 98.4 Å². The van der Waals surface area contributed by atoms with Gasteiger partial charge in [-0.05, 0) is 52.0 Å². The molecule has 0 aliphatic heterocycles. The number of thiazole rings is 1. The Kier molecular flexibility index (Phi) is 12.5. The highest BCUT2D eigenvalue weighted by Gasteiger charge is 2.33. The lowest BCUT2D eigenvalue weighted by Gasteiger charge is -2.34. The minimum Gasteiger partial charge on any atom is -0.481 e. The largest absolute Gasteiger partial charge is 0.481 e. The summed E-state index contributed by atoms with van der Waals surface area (Å²) in [5.41, 5.74) is 0.493. The van der Waals surface area contributed by atoms with Crippen molar-refractivity contribution in [2.24, 2.45) is 11.8 Å². The predicted octanol–water partition coefficient (Wildman–Crippen LogP) is 5.79. The lowest BCUT2D eigenvalue weighted by molar-refractivity contribution is -0.148. The minimum atomic E-state index is -0.935. The van der Waals surface area contributed by atoms with Gasteiger partial charge in [-0.25, -0.2) is 9.78 Å². The fourth-order valence-electron chi connectivity index (χ4n) is 4.60. The molecule has 4 unspecified atom stereocenters. The van der Waals surface area contributed by atoms with Crippen LogP contribution in [0.15, 0.2) is 30.3 Å². The fraction of sp³-hybridized carbons (Fsp3) is 0.581. The second-order valence-corrected chi connectivity index (χ2v) is 13.3.